The van der Waals surface area contributed by atoms with Crippen molar-refractivity contribution in [2.75, 3.05) is 14.1 Å². The van der Waals surface area contributed by atoms with Crippen LogP contribution in [0.1, 0.15) is 47.0 Å². The molecule has 0 aliphatic rings. The molecule has 0 fully saturated rings. The van der Waals surface area contributed by atoms with Crippen molar-refractivity contribution in [3.63, 3.8) is 0 Å². The van der Waals surface area contributed by atoms with Gasteiger partial charge in [-0.15, -0.1) is 6.58 Å². The van der Waals surface area contributed by atoms with Crippen LogP contribution in [0.4, 0.5) is 0 Å². The first-order valence-corrected chi connectivity index (χ1v) is 13.5. The standard InChI is InChI=1S/C23H44N2OSi/c1-13-22(25(9)17-20(4)27(10,11)12)18(2)14-15-23(6,7)16-19(3)26-21(5)24-8/h13,17-18,22,24H,1,3,5,14-16H2,2,4,6-12H3/b20-17+. The average Bonchev–Trinajstić information content (AvgIpc) is 2.51. The first-order chi connectivity index (χ1) is 12.2. The number of nitrogens with one attached hydrogen (secondary N) is 1. The Bertz CT molecular complexity index is 543. The van der Waals surface area contributed by atoms with Gasteiger partial charge in [0.1, 0.15) is 0 Å². The van der Waals surface area contributed by atoms with Crippen LogP contribution in [0.15, 0.2) is 48.9 Å². The van der Waals surface area contributed by atoms with E-state index >= 15 is 0 Å². The Hall–Kier alpha value is -1.42. The molecule has 0 bridgehead atoms. The van der Waals surface area contributed by atoms with Crippen molar-refractivity contribution in [2.45, 2.75) is 72.6 Å². The monoisotopic (exact) mass is 392 g/mol. The normalized spacial score (nSPS) is 14.9. The molecule has 0 aliphatic heterocycles. The van der Waals surface area contributed by atoms with Crippen LogP contribution in [0.3, 0.4) is 0 Å². The smallest absolute Gasteiger partial charge is 0.185 e. The van der Waals surface area contributed by atoms with Gasteiger partial charge >= 0.3 is 0 Å². The highest BCUT2D eigenvalue weighted by molar-refractivity contribution is 6.82. The van der Waals surface area contributed by atoms with Gasteiger partial charge in [0, 0.05) is 26.6 Å². The van der Waals surface area contributed by atoms with Gasteiger partial charge in [-0.25, -0.2) is 0 Å². The molecule has 0 aliphatic carbocycles. The predicted octanol–water partition coefficient (Wildman–Crippen LogP) is 6.31. The molecule has 2 unspecified atom stereocenters. The molecule has 0 saturated heterocycles. The van der Waals surface area contributed by atoms with E-state index in [1.165, 1.54) is 5.20 Å². The zero-order chi connectivity index (χ0) is 21.4. The largest absolute Gasteiger partial charge is 0.447 e. The van der Waals surface area contributed by atoms with Gasteiger partial charge in [0.15, 0.2) is 5.88 Å². The Morgan fingerprint density at radius 2 is 1.81 bits per heavy atom. The van der Waals surface area contributed by atoms with Crippen molar-refractivity contribution in [1.82, 2.24) is 10.2 Å². The Morgan fingerprint density at radius 3 is 2.26 bits per heavy atom. The van der Waals surface area contributed by atoms with Gasteiger partial charge in [0.05, 0.1) is 13.8 Å². The lowest BCUT2D eigenvalue weighted by Crippen LogP contribution is -2.34. The van der Waals surface area contributed by atoms with E-state index in [-0.39, 0.29) is 5.41 Å². The fourth-order valence-electron chi connectivity index (χ4n) is 3.06. The molecule has 0 heterocycles. The lowest BCUT2D eigenvalue weighted by atomic mass is 9.80. The molecule has 0 aromatic carbocycles. The van der Waals surface area contributed by atoms with Crippen LogP contribution >= 0.6 is 0 Å². The number of hydrogen-bond donors (Lipinski definition) is 1. The van der Waals surface area contributed by atoms with Gasteiger partial charge in [-0.2, -0.15) is 0 Å². The summed E-state index contributed by atoms with van der Waals surface area (Å²) in [6, 6.07) is 0.343. The van der Waals surface area contributed by atoms with E-state index in [0.717, 1.165) is 25.0 Å². The molecule has 0 radical (unpaired) electrons. The fourth-order valence-corrected chi connectivity index (χ4v) is 3.65. The lowest BCUT2D eigenvalue weighted by molar-refractivity contribution is 0.198. The highest BCUT2D eigenvalue weighted by Gasteiger charge is 2.25. The van der Waals surface area contributed by atoms with Gasteiger partial charge < -0.3 is 15.0 Å². The molecule has 156 valence electrons. The van der Waals surface area contributed by atoms with E-state index in [0.29, 0.717) is 17.8 Å². The van der Waals surface area contributed by atoms with Crippen LogP contribution in [0.5, 0.6) is 0 Å². The molecule has 0 spiro atoms. The van der Waals surface area contributed by atoms with Crippen LogP contribution in [-0.4, -0.2) is 33.1 Å². The van der Waals surface area contributed by atoms with Gasteiger partial charge in [-0.05, 0) is 43.9 Å². The first-order valence-electron chi connectivity index (χ1n) is 9.99. The second-order valence-electron chi connectivity index (χ2n) is 9.62. The topological polar surface area (TPSA) is 24.5 Å². The molecular formula is C23H44N2OSi. The second-order valence-corrected chi connectivity index (χ2v) is 14.9. The van der Waals surface area contributed by atoms with Crippen molar-refractivity contribution in [3.05, 3.63) is 48.9 Å². The minimum absolute atomic E-state index is 0.133. The number of ether oxygens (including phenoxy) is 1. The summed E-state index contributed by atoms with van der Waals surface area (Å²) < 4.78 is 5.60. The van der Waals surface area contributed by atoms with Gasteiger partial charge in [-0.3, -0.25) is 0 Å². The number of likely N-dealkylation sites (N-methyl/N-ethyl adjacent to an activating group) is 1. The van der Waals surface area contributed by atoms with Crippen molar-refractivity contribution >= 4 is 8.07 Å². The maximum atomic E-state index is 5.60. The predicted molar refractivity (Wildman–Crippen MR) is 124 cm³/mol. The molecule has 2 atom stereocenters. The summed E-state index contributed by atoms with van der Waals surface area (Å²) in [5, 5.41) is 4.41. The molecule has 0 saturated carbocycles. The number of allylic oxidation sites excluding steroid dienone is 2. The summed E-state index contributed by atoms with van der Waals surface area (Å²) in [7, 11) is 2.72. The Morgan fingerprint density at radius 1 is 1.26 bits per heavy atom. The van der Waals surface area contributed by atoms with E-state index in [9.17, 15) is 0 Å². The van der Waals surface area contributed by atoms with Crippen LogP contribution in [0.25, 0.3) is 0 Å². The molecule has 0 amide bonds. The summed E-state index contributed by atoms with van der Waals surface area (Å²) in [4.78, 5) is 2.34. The number of hydrogen-bond acceptors (Lipinski definition) is 3. The van der Waals surface area contributed by atoms with Crippen molar-refractivity contribution in [2.24, 2.45) is 11.3 Å². The molecule has 1 N–H and O–H groups in total. The first kappa shape index (κ1) is 25.6. The number of rotatable bonds is 13. The average molecular weight is 393 g/mol. The summed E-state index contributed by atoms with van der Waals surface area (Å²) in [6.45, 7) is 28.2. The van der Waals surface area contributed by atoms with E-state index < -0.39 is 8.07 Å². The van der Waals surface area contributed by atoms with Crippen molar-refractivity contribution in [1.29, 1.82) is 0 Å². The Kier molecular flexibility index (Phi) is 10.2. The molecule has 27 heavy (non-hydrogen) atoms. The van der Waals surface area contributed by atoms with Gasteiger partial charge in [0.25, 0.3) is 0 Å². The van der Waals surface area contributed by atoms with E-state index in [1.807, 2.05) is 0 Å². The number of nitrogens with zero attached hydrogens (tertiary/aromatic N) is 1. The fraction of sp³-hybridized carbons (Fsp3) is 0.652. The summed E-state index contributed by atoms with van der Waals surface area (Å²) in [6.07, 6.45) is 7.49. The van der Waals surface area contributed by atoms with Crippen molar-refractivity contribution in [3.8, 4) is 0 Å². The van der Waals surface area contributed by atoms with Crippen LogP contribution < -0.4 is 5.32 Å². The molecule has 0 aromatic rings. The van der Waals surface area contributed by atoms with E-state index in [4.69, 9.17) is 4.74 Å². The third-order valence-corrected chi connectivity index (χ3v) is 7.87. The Balaban J connectivity index is 4.84. The quantitative estimate of drug-likeness (QED) is 0.226. The third kappa shape index (κ3) is 9.90. The maximum absolute atomic E-state index is 5.60. The van der Waals surface area contributed by atoms with Crippen molar-refractivity contribution < 1.29 is 4.74 Å². The summed E-state index contributed by atoms with van der Waals surface area (Å²) >= 11 is 0. The molecule has 4 heteroatoms. The van der Waals surface area contributed by atoms with E-state index in [2.05, 4.69) is 96.6 Å². The van der Waals surface area contributed by atoms with E-state index in [1.54, 1.807) is 7.05 Å². The second kappa shape index (κ2) is 10.8. The highest BCUT2D eigenvalue weighted by atomic mass is 28.3. The lowest BCUT2D eigenvalue weighted by Gasteiger charge is -2.34. The molecular weight excluding hydrogens is 348 g/mol. The maximum Gasteiger partial charge on any atom is 0.185 e. The Labute approximate surface area is 170 Å². The molecule has 0 aromatic heterocycles. The summed E-state index contributed by atoms with van der Waals surface area (Å²) in [5.41, 5.74) is 0.133. The zero-order valence-corrected chi connectivity index (χ0v) is 20.4. The van der Waals surface area contributed by atoms with Crippen LogP contribution in [0, 0.1) is 11.3 Å². The minimum Gasteiger partial charge on any atom is -0.447 e. The summed E-state index contributed by atoms with van der Waals surface area (Å²) in [5.74, 6) is 1.83. The third-order valence-electron chi connectivity index (χ3n) is 5.37. The molecule has 3 nitrogen and oxygen atoms in total. The van der Waals surface area contributed by atoms with Crippen LogP contribution in [-0.2, 0) is 4.74 Å². The highest BCUT2D eigenvalue weighted by Crippen LogP contribution is 2.33. The SMILES string of the molecule is C=CC(C(C)CCC(C)(C)CC(=C)OC(=C)NC)N(C)/C=C(\C)[Si](C)(C)C. The van der Waals surface area contributed by atoms with Gasteiger partial charge in [0.2, 0.25) is 0 Å². The molecule has 0 rings (SSSR count). The van der Waals surface area contributed by atoms with Gasteiger partial charge in [-0.1, -0.05) is 58.3 Å². The van der Waals surface area contributed by atoms with Crippen LogP contribution in [0.2, 0.25) is 19.6 Å². The zero-order valence-electron chi connectivity index (χ0n) is 19.4. The minimum atomic E-state index is -1.25.